The Hall–Kier alpha value is -3.16. The highest BCUT2D eigenvalue weighted by molar-refractivity contribution is 5.95. The molecule has 1 aliphatic heterocycles. The largest absolute Gasteiger partial charge is 0.466 e. The van der Waals surface area contributed by atoms with Gasteiger partial charge in [0.2, 0.25) is 0 Å². The Labute approximate surface area is 150 Å². The minimum Gasteiger partial charge on any atom is -0.466 e. The number of anilines is 1. The van der Waals surface area contributed by atoms with E-state index < -0.39 is 16.8 Å². The molecule has 0 bridgehead atoms. The van der Waals surface area contributed by atoms with Crippen LogP contribution < -0.4 is 5.32 Å². The first-order valence-corrected chi connectivity index (χ1v) is 8.27. The summed E-state index contributed by atoms with van der Waals surface area (Å²) in [5.74, 6) is -0.397. The average molecular weight is 356 g/mol. The Morgan fingerprint density at radius 2 is 2.08 bits per heavy atom. The zero-order valence-corrected chi connectivity index (χ0v) is 15.1. The number of nitrogens with zero attached hydrogens (tertiary/aromatic N) is 3. The smallest absolute Gasteiger partial charge is 0.336 e. The number of ether oxygens (including phenoxy) is 1. The first kappa shape index (κ1) is 17.7. The average Bonchev–Trinajstić information content (AvgIpc) is 2.95. The van der Waals surface area contributed by atoms with E-state index in [1.54, 1.807) is 29.8 Å². The summed E-state index contributed by atoms with van der Waals surface area (Å²) in [6, 6.07) is 6.46. The molecule has 1 aliphatic rings. The predicted octanol–water partition coefficient (Wildman–Crippen LogP) is 3.12. The van der Waals surface area contributed by atoms with Gasteiger partial charge in [-0.1, -0.05) is 18.2 Å². The van der Waals surface area contributed by atoms with Gasteiger partial charge in [-0.15, -0.1) is 0 Å². The lowest BCUT2D eigenvalue weighted by Gasteiger charge is -2.28. The number of hydrogen-bond donors (Lipinski definition) is 1. The summed E-state index contributed by atoms with van der Waals surface area (Å²) in [6.07, 6.45) is 0. The number of aryl methyl sites for hydroxylation is 2. The van der Waals surface area contributed by atoms with Gasteiger partial charge in [0.1, 0.15) is 5.82 Å². The molecular formula is C18H20N4O4. The van der Waals surface area contributed by atoms with E-state index in [2.05, 4.69) is 10.4 Å². The molecule has 1 unspecified atom stereocenters. The van der Waals surface area contributed by atoms with Gasteiger partial charge >= 0.3 is 5.97 Å². The van der Waals surface area contributed by atoms with Crippen LogP contribution in [0.25, 0.3) is 0 Å². The summed E-state index contributed by atoms with van der Waals surface area (Å²) in [5, 5.41) is 19.3. The lowest BCUT2D eigenvalue weighted by atomic mass is 9.81. The molecule has 0 aliphatic carbocycles. The van der Waals surface area contributed by atoms with Crippen LogP contribution in [0, 0.1) is 17.0 Å². The number of benzene rings is 1. The number of nitro benzene ring substituents is 1. The number of nitrogens with one attached hydrogen (secondary N) is 1. The predicted molar refractivity (Wildman–Crippen MR) is 95.9 cm³/mol. The van der Waals surface area contributed by atoms with E-state index in [0.29, 0.717) is 29.1 Å². The number of fused-ring (bicyclic) bond motifs is 1. The molecule has 3 rings (SSSR count). The molecule has 0 spiro atoms. The minimum atomic E-state index is -0.624. The van der Waals surface area contributed by atoms with Gasteiger partial charge in [0.15, 0.2) is 0 Å². The van der Waals surface area contributed by atoms with E-state index in [4.69, 9.17) is 4.74 Å². The second-order valence-electron chi connectivity index (χ2n) is 6.07. The van der Waals surface area contributed by atoms with E-state index in [9.17, 15) is 14.9 Å². The fourth-order valence-electron chi connectivity index (χ4n) is 3.50. The molecular weight excluding hydrogens is 336 g/mol. The third-order valence-electron chi connectivity index (χ3n) is 4.61. The number of rotatable bonds is 4. The van der Waals surface area contributed by atoms with E-state index in [1.807, 2.05) is 13.8 Å². The quantitative estimate of drug-likeness (QED) is 0.513. The standard InChI is InChI=1S/C18H20N4O4/c1-5-21-17-14(11(3)20-21)16(15(10(2)19-17)18(23)26-4)12-8-6-7-9-13(12)22(24)25/h6-9,16,19H,5H2,1-4H3. The molecule has 2 aromatic rings. The Kier molecular flexibility index (Phi) is 4.50. The summed E-state index contributed by atoms with van der Waals surface area (Å²) in [7, 11) is 1.30. The highest BCUT2D eigenvalue weighted by atomic mass is 16.6. The van der Waals surface area contributed by atoms with Crippen molar-refractivity contribution >= 4 is 17.5 Å². The maximum atomic E-state index is 12.5. The van der Waals surface area contributed by atoms with Crippen molar-refractivity contribution in [1.29, 1.82) is 0 Å². The molecule has 8 nitrogen and oxygen atoms in total. The number of nitro groups is 1. The third kappa shape index (κ3) is 2.63. The van der Waals surface area contributed by atoms with Crippen molar-refractivity contribution in [3.63, 3.8) is 0 Å². The summed E-state index contributed by atoms with van der Waals surface area (Å²) < 4.78 is 6.76. The van der Waals surface area contributed by atoms with Crippen LogP contribution in [0.5, 0.6) is 0 Å². The van der Waals surface area contributed by atoms with Crippen LogP contribution >= 0.6 is 0 Å². The number of para-hydroxylation sites is 1. The van der Waals surface area contributed by atoms with Gasteiger partial charge in [-0.2, -0.15) is 5.10 Å². The Morgan fingerprint density at radius 1 is 1.38 bits per heavy atom. The van der Waals surface area contributed by atoms with Crippen molar-refractivity contribution in [2.45, 2.75) is 33.2 Å². The second kappa shape index (κ2) is 6.62. The molecule has 0 saturated carbocycles. The van der Waals surface area contributed by atoms with Crippen molar-refractivity contribution in [2.75, 3.05) is 12.4 Å². The van der Waals surface area contributed by atoms with E-state index in [0.717, 1.165) is 11.4 Å². The zero-order valence-electron chi connectivity index (χ0n) is 15.1. The van der Waals surface area contributed by atoms with Crippen molar-refractivity contribution in [2.24, 2.45) is 0 Å². The molecule has 0 amide bonds. The van der Waals surface area contributed by atoms with Crippen molar-refractivity contribution in [3.05, 3.63) is 62.5 Å². The highest BCUT2D eigenvalue weighted by Crippen LogP contribution is 2.46. The molecule has 1 atom stereocenters. The normalized spacial score (nSPS) is 16.1. The number of hydrogen-bond acceptors (Lipinski definition) is 6. The molecule has 1 N–H and O–H groups in total. The van der Waals surface area contributed by atoms with Gasteiger partial charge in [-0.25, -0.2) is 9.48 Å². The van der Waals surface area contributed by atoms with Crippen LogP contribution in [0.2, 0.25) is 0 Å². The molecule has 1 aromatic carbocycles. The summed E-state index contributed by atoms with van der Waals surface area (Å²) in [5.41, 5.74) is 2.83. The maximum absolute atomic E-state index is 12.5. The molecule has 8 heteroatoms. The maximum Gasteiger partial charge on any atom is 0.336 e. The highest BCUT2D eigenvalue weighted by Gasteiger charge is 2.39. The first-order chi connectivity index (χ1) is 12.4. The molecule has 26 heavy (non-hydrogen) atoms. The Balaban J connectivity index is 2.34. The number of allylic oxidation sites excluding steroid dienone is 1. The van der Waals surface area contributed by atoms with Crippen LogP contribution in [0.4, 0.5) is 11.5 Å². The molecule has 0 fully saturated rings. The van der Waals surface area contributed by atoms with Crippen molar-refractivity contribution in [3.8, 4) is 0 Å². The molecule has 0 radical (unpaired) electrons. The number of aromatic nitrogens is 2. The van der Waals surface area contributed by atoms with E-state index in [-0.39, 0.29) is 5.69 Å². The van der Waals surface area contributed by atoms with Gasteiger partial charge in [0.05, 0.1) is 29.2 Å². The van der Waals surface area contributed by atoms with Crippen LogP contribution in [-0.2, 0) is 16.1 Å². The van der Waals surface area contributed by atoms with Gasteiger partial charge < -0.3 is 10.1 Å². The number of carbonyl (C=O) groups excluding carboxylic acids is 1. The molecule has 0 saturated heterocycles. The Morgan fingerprint density at radius 3 is 2.69 bits per heavy atom. The zero-order chi connectivity index (χ0) is 19.0. The third-order valence-corrected chi connectivity index (χ3v) is 4.61. The summed E-state index contributed by atoms with van der Waals surface area (Å²) in [6.45, 7) is 6.19. The van der Waals surface area contributed by atoms with Gasteiger partial charge in [0.25, 0.3) is 5.69 Å². The minimum absolute atomic E-state index is 0.0387. The SMILES string of the molecule is CCn1nc(C)c2c1NC(C)=C(C(=O)OC)C2c1ccccc1[N+](=O)[O-]. The van der Waals surface area contributed by atoms with Crippen LogP contribution in [0.1, 0.15) is 36.6 Å². The fraction of sp³-hybridized carbons (Fsp3) is 0.333. The van der Waals surface area contributed by atoms with Gasteiger partial charge in [-0.05, 0) is 20.8 Å². The Bertz CT molecular complexity index is 929. The molecule has 2 heterocycles. The number of methoxy groups -OCH3 is 1. The van der Waals surface area contributed by atoms with Crippen LogP contribution in [-0.4, -0.2) is 27.8 Å². The lowest BCUT2D eigenvalue weighted by molar-refractivity contribution is -0.385. The van der Waals surface area contributed by atoms with Crippen molar-refractivity contribution in [1.82, 2.24) is 9.78 Å². The van der Waals surface area contributed by atoms with Crippen LogP contribution in [0.15, 0.2) is 35.5 Å². The second-order valence-corrected chi connectivity index (χ2v) is 6.07. The van der Waals surface area contributed by atoms with E-state index >= 15 is 0 Å². The van der Waals surface area contributed by atoms with Crippen molar-refractivity contribution < 1.29 is 14.5 Å². The lowest BCUT2D eigenvalue weighted by Crippen LogP contribution is -2.25. The topological polar surface area (TPSA) is 99.3 Å². The fourth-order valence-corrected chi connectivity index (χ4v) is 3.50. The molecule has 136 valence electrons. The molecule has 1 aromatic heterocycles. The number of carbonyl (C=O) groups is 1. The monoisotopic (exact) mass is 356 g/mol. The van der Waals surface area contributed by atoms with Gasteiger partial charge in [0, 0.05) is 29.4 Å². The summed E-state index contributed by atoms with van der Waals surface area (Å²) >= 11 is 0. The van der Waals surface area contributed by atoms with E-state index in [1.165, 1.54) is 13.2 Å². The number of esters is 1. The first-order valence-electron chi connectivity index (χ1n) is 8.27. The van der Waals surface area contributed by atoms with Crippen LogP contribution in [0.3, 0.4) is 0 Å². The summed E-state index contributed by atoms with van der Waals surface area (Å²) in [4.78, 5) is 23.7. The van der Waals surface area contributed by atoms with Gasteiger partial charge in [-0.3, -0.25) is 10.1 Å².